The van der Waals surface area contributed by atoms with Crippen LogP contribution in [0.1, 0.15) is 12.8 Å². The van der Waals surface area contributed by atoms with Gasteiger partial charge in [-0.2, -0.15) is 0 Å². The van der Waals surface area contributed by atoms with Crippen molar-refractivity contribution in [3.8, 4) is 0 Å². The lowest BCUT2D eigenvalue weighted by molar-refractivity contribution is 0.149. The molecule has 17 heavy (non-hydrogen) atoms. The van der Waals surface area contributed by atoms with Gasteiger partial charge in [0, 0.05) is 0 Å². The maximum absolute atomic E-state index is 13.0. The molecule has 2 N–H and O–H groups in total. The average Bonchev–Trinajstić information content (AvgIpc) is 2.69. The van der Waals surface area contributed by atoms with Crippen LogP contribution in [0.2, 0.25) is 0 Å². The lowest BCUT2D eigenvalue weighted by atomic mass is 9.91. The molecular weight excluding hydrogens is 244 g/mol. The highest BCUT2D eigenvalue weighted by molar-refractivity contribution is 7.22. The molecule has 0 aliphatic heterocycles. The van der Waals surface area contributed by atoms with E-state index in [1.807, 2.05) is 0 Å². The molecule has 0 amide bonds. The molecule has 90 valence electrons. The van der Waals surface area contributed by atoms with E-state index >= 15 is 0 Å². The van der Waals surface area contributed by atoms with Crippen LogP contribution < -0.4 is 10.9 Å². The molecule has 0 saturated heterocycles. The Kier molecular flexibility index (Phi) is 2.68. The smallest absolute Gasteiger partial charge is 0.198 e. The Bertz CT molecular complexity index is 542. The van der Waals surface area contributed by atoms with Crippen LogP contribution in [-0.2, 0) is 0 Å². The Morgan fingerprint density at radius 1 is 1.35 bits per heavy atom. The van der Waals surface area contributed by atoms with Crippen LogP contribution in [0, 0.1) is 5.82 Å². The molecule has 3 rings (SSSR count). The molecule has 1 aromatic carbocycles. The zero-order valence-electron chi connectivity index (χ0n) is 8.91. The van der Waals surface area contributed by atoms with E-state index in [0.717, 1.165) is 16.6 Å². The first-order valence-electron chi connectivity index (χ1n) is 5.44. The fraction of sp³-hybridized carbons (Fsp3) is 0.364. The van der Waals surface area contributed by atoms with E-state index in [-0.39, 0.29) is 11.9 Å². The van der Waals surface area contributed by atoms with Gasteiger partial charge in [-0.25, -0.2) is 19.2 Å². The Hall–Kier alpha value is -1.27. The van der Waals surface area contributed by atoms with Crippen LogP contribution in [0.25, 0.3) is 10.2 Å². The number of aromatic nitrogens is 1. The van der Waals surface area contributed by atoms with Crippen molar-refractivity contribution < 1.29 is 8.78 Å². The number of nitrogens with zero attached hydrogens (tertiary/aromatic N) is 1. The second-order valence-electron chi connectivity index (χ2n) is 4.10. The van der Waals surface area contributed by atoms with Gasteiger partial charge in [0.1, 0.15) is 12.0 Å². The van der Waals surface area contributed by atoms with Gasteiger partial charge in [0.15, 0.2) is 5.13 Å². The molecule has 6 heteroatoms. The summed E-state index contributed by atoms with van der Waals surface area (Å²) >= 11 is 1.34. The van der Waals surface area contributed by atoms with Crippen LogP contribution in [0.15, 0.2) is 18.2 Å². The second kappa shape index (κ2) is 4.19. The summed E-state index contributed by atoms with van der Waals surface area (Å²) in [4.78, 5) is 4.27. The highest BCUT2D eigenvalue weighted by Gasteiger charge is 2.30. The molecule has 1 aliphatic rings. The van der Waals surface area contributed by atoms with Crippen molar-refractivity contribution in [1.29, 1.82) is 0 Å². The van der Waals surface area contributed by atoms with Gasteiger partial charge in [-0.3, -0.25) is 5.43 Å². The molecule has 2 atom stereocenters. The molecule has 0 bridgehead atoms. The summed E-state index contributed by atoms with van der Waals surface area (Å²) in [7, 11) is 0. The van der Waals surface area contributed by atoms with Gasteiger partial charge in [-0.1, -0.05) is 11.3 Å². The van der Waals surface area contributed by atoms with Gasteiger partial charge in [-0.05, 0) is 31.0 Å². The van der Waals surface area contributed by atoms with Crippen molar-refractivity contribution in [3.05, 3.63) is 24.0 Å². The van der Waals surface area contributed by atoms with Crippen molar-refractivity contribution in [2.75, 3.05) is 5.43 Å². The summed E-state index contributed by atoms with van der Waals surface area (Å²) in [6.07, 6.45) is 0.660. The Balaban J connectivity index is 1.72. The Morgan fingerprint density at radius 2 is 2.24 bits per heavy atom. The van der Waals surface area contributed by atoms with Gasteiger partial charge in [-0.15, -0.1) is 0 Å². The minimum Gasteiger partial charge on any atom is -0.297 e. The molecule has 1 aliphatic carbocycles. The zero-order valence-corrected chi connectivity index (χ0v) is 9.73. The summed E-state index contributed by atoms with van der Waals surface area (Å²) in [5, 5.41) is 0.629. The SMILES string of the molecule is Fc1ccc2nc(NNC3CCC3F)sc2c1. The average molecular weight is 255 g/mol. The fourth-order valence-electron chi connectivity index (χ4n) is 1.73. The number of rotatable bonds is 3. The number of thiazole rings is 1. The van der Waals surface area contributed by atoms with Gasteiger partial charge >= 0.3 is 0 Å². The first-order chi connectivity index (χ1) is 8.22. The third kappa shape index (κ3) is 2.10. The molecule has 1 aromatic heterocycles. The van der Waals surface area contributed by atoms with Crippen molar-refractivity contribution in [1.82, 2.24) is 10.4 Å². The number of halogens is 2. The number of nitrogens with one attached hydrogen (secondary N) is 2. The van der Waals surface area contributed by atoms with Gasteiger partial charge < -0.3 is 0 Å². The topological polar surface area (TPSA) is 37.0 Å². The minimum atomic E-state index is -0.783. The predicted molar refractivity (Wildman–Crippen MR) is 64.3 cm³/mol. The van der Waals surface area contributed by atoms with Gasteiger partial charge in [0.05, 0.1) is 16.3 Å². The number of hydrogen-bond acceptors (Lipinski definition) is 4. The van der Waals surface area contributed by atoms with Crippen molar-refractivity contribution in [2.45, 2.75) is 25.1 Å². The summed E-state index contributed by atoms with van der Waals surface area (Å²) < 4.78 is 26.7. The Labute approximate surface area is 101 Å². The van der Waals surface area contributed by atoms with E-state index in [2.05, 4.69) is 15.8 Å². The van der Waals surface area contributed by atoms with Crippen molar-refractivity contribution >= 4 is 26.7 Å². The maximum Gasteiger partial charge on any atom is 0.198 e. The number of anilines is 1. The number of hydrogen-bond donors (Lipinski definition) is 2. The molecule has 1 fully saturated rings. The Morgan fingerprint density at radius 3 is 2.94 bits per heavy atom. The van der Waals surface area contributed by atoms with Crippen LogP contribution in [0.3, 0.4) is 0 Å². The molecule has 0 spiro atoms. The summed E-state index contributed by atoms with van der Waals surface area (Å²) in [6, 6.07) is 4.31. The molecule has 2 aromatic rings. The lowest BCUT2D eigenvalue weighted by Crippen LogP contribution is -2.47. The normalized spacial score (nSPS) is 23.6. The fourth-order valence-corrected chi connectivity index (χ4v) is 2.58. The highest BCUT2D eigenvalue weighted by atomic mass is 32.1. The van der Waals surface area contributed by atoms with Gasteiger partial charge in [0.25, 0.3) is 0 Å². The quantitative estimate of drug-likeness (QED) is 0.828. The number of alkyl halides is 1. The maximum atomic E-state index is 13.0. The third-order valence-electron chi connectivity index (χ3n) is 2.91. The first-order valence-corrected chi connectivity index (χ1v) is 6.26. The highest BCUT2D eigenvalue weighted by Crippen LogP contribution is 2.27. The van der Waals surface area contributed by atoms with E-state index in [0.29, 0.717) is 11.6 Å². The number of benzene rings is 1. The third-order valence-corrected chi connectivity index (χ3v) is 3.84. The van der Waals surface area contributed by atoms with Crippen LogP contribution >= 0.6 is 11.3 Å². The van der Waals surface area contributed by atoms with Crippen LogP contribution in [0.4, 0.5) is 13.9 Å². The standard InChI is InChI=1S/C11H11F2N3S/c12-6-1-3-9-10(5-6)17-11(14-9)16-15-8-4-2-7(8)13/h1,3,5,7-8,15H,2,4H2,(H,14,16). The zero-order chi connectivity index (χ0) is 11.8. The van der Waals surface area contributed by atoms with Crippen molar-refractivity contribution in [3.63, 3.8) is 0 Å². The predicted octanol–water partition coefficient (Wildman–Crippen LogP) is 2.85. The van der Waals surface area contributed by atoms with E-state index < -0.39 is 6.17 Å². The van der Waals surface area contributed by atoms with E-state index in [1.54, 1.807) is 6.07 Å². The van der Waals surface area contributed by atoms with Crippen molar-refractivity contribution in [2.24, 2.45) is 0 Å². The lowest BCUT2D eigenvalue weighted by Gasteiger charge is -2.30. The monoisotopic (exact) mass is 255 g/mol. The molecule has 0 radical (unpaired) electrons. The first kappa shape index (κ1) is 10.9. The molecular formula is C11H11F2N3S. The molecule has 1 heterocycles. The summed E-state index contributed by atoms with van der Waals surface area (Å²) in [5.41, 5.74) is 6.51. The van der Waals surface area contributed by atoms with E-state index in [9.17, 15) is 8.78 Å². The number of fused-ring (bicyclic) bond motifs is 1. The van der Waals surface area contributed by atoms with Gasteiger partial charge in [0.2, 0.25) is 0 Å². The minimum absolute atomic E-state index is 0.140. The second-order valence-corrected chi connectivity index (χ2v) is 5.13. The largest absolute Gasteiger partial charge is 0.297 e. The van der Waals surface area contributed by atoms with E-state index in [4.69, 9.17) is 0 Å². The summed E-state index contributed by atoms with van der Waals surface area (Å²) in [5.74, 6) is -0.275. The van der Waals surface area contributed by atoms with E-state index in [1.165, 1.54) is 23.5 Å². The van der Waals surface area contributed by atoms with Crippen LogP contribution in [-0.4, -0.2) is 17.2 Å². The summed E-state index contributed by atoms with van der Waals surface area (Å²) in [6.45, 7) is 0. The number of hydrazine groups is 1. The molecule has 1 saturated carbocycles. The van der Waals surface area contributed by atoms with Crippen LogP contribution in [0.5, 0.6) is 0 Å². The molecule has 3 nitrogen and oxygen atoms in total. The molecule has 2 unspecified atom stereocenters.